The fourth-order valence-corrected chi connectivity index (χ4v) is 3.50. The number of nitrogens with zero attached hydrogens (tertiary/aromatic N) is 2. The second kappa shape index (κ2) is 5.79. The molecule has 5 heteroatoms. The highest BCUT2D eigenvalue weighted by atomic mass is 16.5. The summed E-state index contributed by atoms with van der Waals surface area (Å²) in [7, 11) is 0. The summed E-state index contributed by atoms with van der Waals surface area (Å²) in [6, 6.07) is 0.474. The number of carbonyl (C=O) groups is 1. The van der Waals surface area contributed by atoms with E-state index in [1.54, 1.807) is 6.20 Å². The Bertz CT molecular complexity index is 512. The van der Waals surface area contributed by atoms with E-state index in [0.717, 1.165) is 25.1 Å². The molecule has 1 aliphatic heterocycles. The summed E-state index contributed by atoms with van der Waals surface area (Å²) in [5.41, 5.74) is 1.48. The lowest BCUT2D eigenvalue weighted by molar-refractivity contribution is 0.0206. The second-order valence-corrected chi connectivity index (χ2v) is 6.61. The molecule has 1 amide bonds. The van der Waals surface area contributed by atoms with Crippen LogP contribution >= 0.6 is 0 Å². The van der Waals surface area contributed by atoms with Gasteiger partial charge in [-0.2, -0.15) is 5.10 Å². The lowest BCUT2D eigenvalue weighted by Gasteiger charge is -2.23. The third kappa shape index (κ3) is 2.98. The van der Waals surface area contributed by atoms with E-state index < -0.39 is 0 Å². The molecular formula is C16H25N3O2. The van der Waals surface area contributed by atoms with Crippen LogP contribution in [0, 0.1) is 6.92 Å². The summed E-state index contributed by atoms with van der Waals surface area (Å²) < 4.78 is 7.75. The minimum absolute atomic E-state index is 0.0338. The number of carbonyl (C=O) groups excluding carboxylic acids is 1. The van der Waals surface area contributed by atoms with Crippen molar-refractivity contribution >= 4 is 5.91 Å². The largest absolute Gasteiger partial charge is 0.373 e. The molecule has 21 heavy (non-hydrogen) atoms. The van der Waals surface area contributed by atoms with E-state index in [1.807, 2.05) is 11.6 Å². The van der Waals surface area contributed by atoms with Gasteiger partial charge in [-0.05, 0) is 39.5 Å². The van der Waals surface area contributed by atoms with Crippen molar-refractivity contribution in [1.29, 1.82) is 0 Å². The summed E-state index contributed by atoms with van der Waals surface area (Å²) in [5.74, 6) is -0.0338. The predicted octanol–water partition coefficient (Wildman–Crippen LogP) is 2.61. The van der Waals surface area contributed by atoms with Crippen molar-refractivity contribution in [3.63, 3.8) is 0 Å². The molecule has 0 radical (unpaired) electrons. The number of hydrogen-bond donors (Lipinski definition) is 1. The number of rotatable bonds is 4. The van der Waals surface area contributed by atoms with Crippen LogP contribution in [0.4, 0.5) is 0 Å². The smallest absolute Gasteiger partial charge is 0.254 e. The van der Waals surface area contributed by atoms with E-state index in [1.165, 1.54) is 25.7 Å². The molecule has 0 aromatic carbocycles. The highest BCUT2D eigenvalue weighted by Gasteiger charge is 2.30. The van der Waals surface area contributed by atoms with Crippen LogP contribution in [0.5, 0.6) is 0 Å². The molecule has 1 saturated heterocycles. The van der Waals surface area contributed by atoms with Crippen LogP contribution in [0.3, 0.4) is 0 Å². The molecule has 2 heterocycles. The van der Waals surface area contributed by atoms with Gasteiger partial charge in [0.25, 0.3) is 5.91 Å². The minimum Gasteiger partial charge on any atom is -0.373 e. The molecular weight excluding hydrogens is 266 g/mol. The van der Waals surface area contributed by atoms with Gasteiger partial charge in [-0.1, -0.05) is 12.8 Å². The van der Waals surface area contributed by atoms with E-state index >= 15 is 0 Å². The first-order valence-corrected chi connectivity index (χ1v) is 8.05. The lowest BCUT2D eigenvalue weighted by atomic mass is 10.0. The van der Waals surface area contributed by atoms with Gasteiger partial charge in [0, 0.05) is 18.8 Å². The van der Waals surface area contributed by atoms with Crippen LogP contribution in [0.25, 0.3) is 0 Å². The molecule has 5 nitrogen and oxygen atoms in total. The predicted molar refractivity (Wildman–Crippen MR) is 80.4 cm³/mol. The van der Waals surface area contributed by atoms with Crippen molar-refractivity contribution in [1.82, 2.24) is 15.1 Å². The van der Waals surface area contributed by atoms with Crippen molar-refractivity contribution in [3.8, 4) is 0 Å². The van der Waals surface area contributed by atoms with Gasteiger partial charge >= 0.3 is 0 Å². The Hall–Kier alpha value is -1.36. The van der Waals surface area contributed by atoms with Gasteiger partial charge in [-0.3, -0.25) is 9.48 Å². The molecule has 1 aromatic heterocycles. The van der Waals surface area contributed by atoms with E-state index in [2.05, 4.69) is 17.3 Å². The topological polar surface area (TPSA) is 56.1 Å². The maximum atomic E-state index is 12.4. The molecule has 0 spiro atoms. The fourth-order valence-electron chi connectivity index (χ4n) is 3.50. The van der Waals surface area contributed by atoms with Gasteiger partial charge in [0.2, 0.25) is 0 Å². The average Bonchev–Trinajstić information content (AvgIpc) is 3.17. The van der Waals surface area contributed by atoms with Crippen LogP contribution in [0.2, 0.25) is 0 Å². The average molecular weight is 291 g/mol. The Morgan fingerprint density at radius 2 is 2.24 bits per heavy atom. The Labute approximate surface area is 126 Å². The summed E-state index contributed by atoms with van der Waals surface area (Å²) in [4.78, 5) is 12.4. The summed E-state index contributed by atoms with van der Waals surface area (Å²) in [5, 5.41) is 7.45. The van der Waals surface area contributed by atoms with Crippen molar-refractivity contribution < 1.29 is 9.53 Å². The van der Waals surface area contributed by atoms with Crippen molar-refractivity contribution in [2.75, 3.05) is 13.2 Å². The van der Waals surface area contributed by atoms with Crippen molar-refractivity contribution in [3.05, 3.63) is 17.5 Å². The maximum absolute atomic E-state index is 12.4. The highest BCUT2D eigenvalue weighted by molar-refractivity contribution is 5.95. The first kappa shape index (κ1) is 14.6. The lowest BCUT2D eigenvalue weighted by Crippen LogP contribution is -2.40. The number of amides is 1. The Balaban J connectivity index is 1.64. The normalized spacial score (nSPS) is 26.4. The minimum atomic E-state index is -0.203. The second-order valence-electron chi connectivity index (χ2n) is 6.61. The van der Waals surface area contributed by atoms with E-state index in [4.69, 9.17) is 4.74 Å². The zero-order valence-electron chi connectivity index (χ0n) is 13.0. The van der Waals surface area contributed by atoms with Gasteiger partial charge in [0.15, 0.2) is 0 Å². The molecule has 1 unspecified atom stereocenters. The van der Waals surface area contributed by atoms with E-state index in [9.17, 15) is 4.79 Å². The number of nitrogens with one attached hydrogen (secondary N) is 1. The molecule has 116 valence electrons. The van der Waals surface area contributed by atoms with Crippen LogP contribution in [-0.4, -0.2) is 34.4 Å². The molecule has 1 N–H and O–H groups in total. The van der Waals surface area contributed by atoms with Gasteiger partial charge in [-0.25, -0.2) is 0 Å². The Morgan fingerprint density at radius 3 is 2.90 bits per heavy atom. The molecule has 1 atom stereocenters. The SMILES string of the molecule is Cc1c(C(=O)NCC2(C)CCCO2)cnn1C1CCCC1. The van der Waals surface area contributed by atoms with Crippen molar-refractivity contribution in [2.24, 2.45) is 0 Å². The monoisotopic (exact) mass is 291 g/mol. The van der Waals surface area contributed by atoms with Gasteiger partial charge in [0.05, 0.1) is 23.4 Å². The molecule has 1 saturated carbocycles. The van der Waals surface area contributed by atoms with Gasteiger partial charge in [-0.15, -0.1) is 0 Å². The first-order valence-electron chi connectivity index (χ1n) is 8.05. The molecule has 1 aliphatic carbocycles. The maximum Gasteiger partial charge on any atom is 0.254 e. The number of hydrogen-bond acceptors (Lipinski definition) is 3. The Kier molecular flexibility index (Phi) is 4.02. The van der Waals surface area contributed by atoms with Crippen LogP contribution in [0.1, 0.15) is 67.5 Å². The third-order valence-electron chi connectivity index (χ3n) is 4.88. The first-order chi connectivity index (χ1) is 10.1. The highest BCUT2D eigenvalue weighted by Crippen LogP contribution is 2.30. The van der Waals surface area contributed by atoms with Crippen LogP contribution in [0.15, 0.2) is 6.20 Å². The third-order valence-corrected chi connectivity index (χ3v) is 4.88. The molecule has 0 bridgehead atoms. The van der Waals surface area contributed by atoms with E-state index in [0.29, 0.717) is 18.2 Å². The van der Waals surface area contributed by atoms with Crippen molar-refractivity contribution in [2.45, 2.75) is 64.0 Å². The van der Waals surface area contributed by atoms with E-state index in [-0.39, 0.29) is 11.5 Å². The molecule has 2 fully saturated rings. The standard InChI is InChI=1S/C16H25N3O2/c1-12-14(10-18-19(12)13-6-3-4-7-13)15(20)17-11-16(2)8-5-9-21-16/h10,13H,3-9,11H2,1-2H3,(H,17,20). The van der Waals surface area contributed by atoms with Crippen LogP contribution in [-0.2, 0) is 4.74 Å². The van der Waals surface area contributed by atoms with Gasteiger partial charge in [0.1, 0.15) is 0 Å². The number of aromatic nitrogens is 2. The molecule has 3 rings (SSSR count). The summed E-state index contributed by atoms with van der Waals surface area (Å²) in [6.45, 7) is 5.42. The zero-order valence-corrected chi connectivity index (χ0v) is 13.0. The molecule has 1 aromatic rings. The summed E-state index contributed by atoms with van der Waals surface area (Å²) >= 11 is 0. The fraction of sp³-hybridized carbons (Fsp3) is 0.750. The molecule has 2 aliphatic rings. The summed E-state index contributed by atoms with van der Waals surface area (Å²) in [6.07, 6.45) is 8.67. The Morgan fingerprint density at radius 1 is 1.48 bits per heavy atom. The van der Waals surface area contributed by atoms with Crippen LogP contribution < -0.4 is 5.32 Å². The quantitative estimate of drug-likeness (QED) is 0.927. The van der Waals surface area contributed by atoms with Gasteiger partial charge < -0.3 is 10.1 Å². The number of ether oxygens (including phenoxy) is 1. The zero-order chi connectivity index (χ0) is 14.9.